The Labute approximate surface area is 190 Å². The van der Waals surface area contributed by atoms with Crippen molar-refractivity contribution < 1.29 is 13.2 Å². The van der Waals surface area contributed by atoms with Crippen LogP contribution in [0.2, 0.25) is 0 Å². The Balaban J connectivity index is 1.44. The molecule has 1 amide bonds. The summed E-state index contributed by atoms with van der Waals surface area (Å²) in [4.78, 5) is 15.0. The fourth-order valence-electron chi connectivity index (χ4n) is 4.35. The molecule has 2 aromatic carbocycles. The highest BCUT2D eigenvalue weighted by Crippen LogP contribution is 2.36. The van der Waals surface area contributed by atoms with E-state index in [1.165, 1.54) is 0 Å². The quantitative estimate of drug-likeness (QED) is 0.748. The largest absolute Gasteiger partial charge is 0.356 e. The lowest BCUT2D eigenvalue weighted by molar-refractivity contribution is -0.126. The maximum atomic E-state index is 12.9. The molecule has 0 spiro atoms. The van der Waals surface area contributed by atoms with Gasteiger partial charge in [-0.15, -0.1) is 4.40 Å². The second kappa shape index (κ2) is 9.28. The Morgan fingerprint density at radius 3 is 2.34 bits per heavy atom. The number of hydrogen-bond acceptors (Lipinski definition) is 4. The summed E-state index contributed by atoms with van der Waals surface area (Å²) in [6.07, 6.45) is 1.94. The van der Waals surface area contributed by atoms with E-state index in [0.29, 0.717) is 55.2 Å². The van der Waals surface area contributed by atoms with Crippen LogP contribution in [0.15, 0.2) is 64.6 Å². The maximum absolute atomic E-state index is 12.9. The first-order valence-electron chi connectivity index (χ1n) is 11.1. The molecule has 0 unspecified atom stereocenters. The molecular formula is C25H29N3O3S. The molecule has 0 aliphatic carbocycles. The highest BCUT2D eigenvalue weighted by atomic mass is 32.2. The van der Waals surface area contributed by atoms with Crippen molar-refractivity contribution in [1.29, 1.82) is 0 Å². The van der Waals surface area contributed by atoms with E-state index in [9.17, 15) is 13.2 Å². The summed E-state index contributed by atoms with van der Waals surface area (Å²) in [5, 5.41) is 3.03. The molecule has 2 aromatic rings. The van der Waals surface area contributed by atoms with Gasteiger partial charge < -0.3 is 10.2 Å². The molecular weight excluding hydrogens is 422 g/mol. The lowest BCUT2D eigenvalue weighted by Gasteiger charge is -2.33. The van der Waals surface area contributed by atoms with E-state index in [0.717, 1.165) is 16.7 Å². The van der Waals surface area contributed by atoms with E-state index >= 15 is 0 Å². The normalized spacial score (nSPS) is 18.6. The second-order valence-corrected chi connectivity index (χ2v) is 9.92. The van der Waals surface area contributed by atoms with Gasteiger partial charge in [-0.3, -0.25) is 4.79 Å². The molecule has 0 radical (unpaired) electrons. The number of nitrogens with one attached hydrogen (secondary N) is 1. The number of amides is 1. The predicted molar refractivity (Wildman–Crippen MR) is 127 cm³/mol. The van der Waals surface area contributed by atoms with Crippen LogP contribution >= 0.6 is 0 Å². The number of amidine groups is 1. The molecule has 2 heterocycles. The van der Waals surface area contributed by atoms with E-state index in [4.69, 9.17) is 0 Å². The Morgan fingerprint density at radius 2 is 1.72 bits per heavy atom. The van der Waals surface area contributed by atoms with Crippen LogP contribution in [0.1, 0.15) is 42.9 Å². The molecule has 32 heavy (non-hydrogen) atoms. The van der Waals surface area contributed by atoms with E-state index in [1.54, 1.807) is 0 Å². The van der Waals surface area contributed by atoms with Gasteiger partial charge in [-0.2, -0.15) is 8.42 Å². The molecule has 168 valence electrons. The highest BCUT2D eigenvalue weighted by molar-refractivity contribution is 8.00. The first-order chi connectivity index (χ1) is 15.4. The van der Waals surface area contributed by atoms with E-state index in [2.05, 4.69) is 9.71 Å². The average molecular weight is 452 g/mol. The summed E-state index contributed by atoms with van der Waals surface area (Å²) in [5.41, 5.74) is 3.60. The van der Waals surface area contributed by atoms with Crippen LogP contribution in [0.25, 0.3) is 4.91 Å². The number of nitrogens with zero attached hydrogens (tertiary/aromatic N) is 2. The zero-order valence-corrected chi connectivity index (χ0v) is 19.4. The molecule has 1 N–H and O–H groups in total. The number of carbonyl (C=O) groups is 1. The summed E-state index contributed by atoms with van der Waals surface area (Å²) >= 11 is 0. The van der Waals surface area contributed by atoms with Gasteiger partial charge >= 0.3 is 0 Å². The number of carbonyl (C=O) groups excluding carboxylic acids is 1. The molecule has 0 aromatic heterocycles. The van der Waals surface area contributed by atoms with Crippen LogP contribution in [-0.4, -0.2) is 38.2 Å². The SMILES string of the molecule is CCC1=C(c2ccc(C)cc2)S(=O)(=O)N=C1N1CCC(C(=O)NCc2ccccc2)CC1. The molecule has 1 saturated heterocycles. The van der Waals surface area contributed by atoms with Gasteiger partial charge in [-0.1, -0.05) is 67.1 Å². The van der Waals surface area contributed by atoms with Crippen molar-refractivity contribution in [3.05, 3.63) is 76.9 Å². The Kier molecular flexibility index (Phi) is 6.46. The highest BCUT2D eigenvalue weighted by Gasteiger charge is 2.36. The summed E-state index contributed by atoms with van der Waals surface area (Å²) in [5.74, 6) is 0.534. The van der Waals surface area contributed by atoms with Crippen LogP contribution in [0.5, 0.6) is 0 Å². The number of aryl methyl sites for hydroxylation is 1. The van der Waals surface area contributed by atoms with Crippen molar-refractivity contribution >= 4 is 26.7 Å². The van der Waals surface area contributed by atoms with E-state index < -0.39 is 10.0 Å². The molecule has 2 aliphatic heterocycles. The van der Waals surface area contributed by atoms with E-state index in [1.807, 2.05) is 73.3 Å². The predicted octanol–water partition coefficient (Wildman–Crippen LogP) is 3.89. The fraction of sp³-hybridized carbons (Fsp3) is 0.360. The lowest BCUT2D eigenvalue weighted by Crippen LogP contribution is -2.43. The van der Waals surface area contributed by atoms with Crippen LogP contribution in [-0.2, 0) is 21.4 Å². The number of rotatable bonds is 5. The summed E-state index contributed by atoms with van der Waals surface area (Å²) in [7, 11) is -3.74. The van der Waals surface area contributed by atoms with Gasteiger partial charge in [0.15, 0.2) is 0 Å². The number of likely N-dealkylation sites (tertiary alicyclic amines) is 1. The minimum atomic E-state index is -3.74. The van der Waals surface area contributed by atoms with Gasteiger partial charge in [0.25, 0.3) is 10.0 Å². The Bertz CT molecular complexity index is 1140. The standard InChI is InChI=1S/C25H29N3O3S/c1-3-22-23(20-11-9-18(2)10-12-20)32(30,31)27-24(22)28-15-13-21(14-16-28)25(29)26-17-19-7-5-4-6-8-19/h4-12,21H,3,13-17H2,1-2H3,(H,26,29). The third-order valence-electron chi connectivity index (χ3n) is 6.15. The minimum absolute atomic E-state index is 0.0566. The summed E-state index contributed by atoms with van der Waals surface area (Å²) < 4.78 is 30.0. The second-order valence-electron chi connectivity index (χ2n) is 8.38. The van der Waals surface area contributed by atoms with Crippen LogP contribution in [0, 0.1) is 12.8 Å². The van der Waals surface area contributed by atoms with Gasteiger partial charge in [0.2, 0.25) is 5.91 Å². The number of benzene rings is 2. The third kappa shape index (κ3) is 4.63. The van der Waals surface area contributed by atoms with Crippen molar-refractivity contribution in [2.24, 2.45) is 10.3 Å². The van der Waals surface area contributed by atoms with Gasteiger partial charge in [0.1, 0.15) is 10.7 Å². The topological polar surface area (TPSA) is 78.8 Å². The molecule has 1 fully saturated rings. The Hall–Kier alpha value is -2.93. The average Bonchev–Trinajstić information content (AvgIpc) is 3.09. The van der Waals surface area contributed by atoms with Gasteiger partial charge in [0, 0.05) is 31.1 Å². The lowest BCUT2D eigenvalue weighted by atomic mass is 9.94. The van der Waals surface area contributed by atoms with Crippen LogP contribution in [0.3, 0.4) is 0 Å². The fourth-order valence-corrected chi connectivity index (χ4v) is 5.88. The minimum Gasteiger partial charge on any atom is -0.356 e. The van der Waals surface area contributed by atoms with Crippen LogP contribution in [0.4, 0.5) is 0 Å². The van der Waals surface area contributed by atoms with Crippen molar-refractivity contribution in [3.8, 4) is 0 Å². The van der Waals surface area contributed by atoms with Gasteiger partial charge in [-0.05, 0) is 37.3 Å². The third-order valence-corrected chi connectivity index (χ3v) is 7.56. The first-order valence-corrected chi connectivity index (χ1v) is 12.5. The first kappa shape index (κ1) is 22.3. The number of sulfonamides is 1. The molecule has 0 bridgehead atoms. The van der Waals surface area contributed by atoms with Crippen molar-refractivity contribution in [2.45, 2.75) is 39.7 Å². The monoisotopic (exact) mass is 451 g/mol. The molecule has 0 atom stereocenters. The Morgan fingerprint density at radius 1 is 1.06 bits per heavy atom. The van der Waals surface area contributed by atoms with Crippen molar-refractivity contribution in [3.63, 3.8) is 0 Å². The zero-order valence-electron chi connectivity index (χ0n) is 18.5. The smallest absolute Gasteiger partial charge is 0.285 e. The molecule has 6 nitrogen and oxygen atoms in total. The van der Waals surface area contributed by atoms with Gasteiger partial charge in [0.05, 0.1) is 0 Å². The zero-order chi connectivity index (χ0) is 22.7. The van der Waals surface area contributed by atoms with Crippen LogP contribution < -0.4 is 5.32 Å². The van der Waals surface area contributed by atoms with Crippen molar-refractivity contribution in [2.75, 3.05) is 13.1 Å². The molecule has 4 rings (SSSR count). The summed E-state index contributed by atoms with van der Waals surface area (Å²) in [6.45, 7) is 5.69. The number of hydrogen-bond donors (Lipinski definition) is 1. The van der Waals surface area contributed by atoms with Crippen molar-refractivity contribution in [1.82, 2.24) is 10.2 Å². The molecule has 2 aliphatic rings. The molecule has 7 heteroatoms. The van der Waals surface area contributed by atoms with Gasteiger partial charge in [-0.25, -0.2) is 0 Å². The molecule has 0 saturated carbocycles. The number of piperidine rings is 1. The van der Waals surface area contributed by atoms with E-state index in [-0.39, 0.29) is 11.8 Å². The maximum Gasteiger partial charge on any atom is 0.285 e. The summed E-state index contributed by atoms with van der Waals surface area (Å²) in [6, 6.07) is 17.4.